The van der Waals surface area contributed by atoms with Crippen molar-refractivity contribution in [1.82, 2.24) is 0 Å². The van der Waals surface area contributed by atoms with Crippen molar-refractivity contribution in [1.29, 1.82) is 0 Å². The average molecular weight is 603 g/mol. The standard InChI is InChI=1S/C32H26O12/c1-40-23-10-15(6-8-20(23)35)30-26(14-41-32(39)18-4-2-3-5-19(18)34)42-22-9-7-16(11-24(22)43-30)31-29(38)28(37)27-21(36)12-17(33)13-25(27)44-31/h2-13,26,29-31,33-36,38H,14H2,1H3/t26-,29+,30-,31-/m0/s1. The molecule has 4 aromatic carbocycles. The number of ketones is 1. The van der Waals surface area contributed by atoms with Crippen LogP contribution in [0, 0.1) is 0 Å². The number of aliphatic hydroxyl groups is 1. The maximum atomic E-state index is 12.9. The van der Waals surface area contributed by atoms with Gasteiger partial charge in [0.25, 0.3) is 0 Å². The van der Waals surface area contributed by atoms with Crippen LogP contribution in [0.25, 0.3) is 0 Å². The third kappa shape index (κ3) is 5.11. The van der Waals surface area contributed by atoms with Gasteiger partial charge in [-0.05, 0) is 42.0 Å². The summed E-state index contributed by atoms with van der Waals surface area (Å²) in [7, 11) is 1.39. The Bertz CT molecular complexity index is 1770. The van der Waals surface area contributed by atoms with Gasteiger partial charge in [0.1, 0.15) is 40.7 Å². The molecule has 12 heteroatoms. The van der Waals surface area contributed by atoms with Gasteiger partial charge >= 0.3 is 5.97 Å². The summed E-state index contributed by atoms with van der Waals surface area (Å²) in [5.74, 6) is -2.24. The number of ether oxygens (including phenoxy) is 5. The molecule has 0 unspecified atom stereocenters. The number of carbonyl (C=O) groups is 2. The van der Waals surface area contributed by atoms with Crippen LogP contribution in [0.5, 0.6) is 46.0 Å². The predicted octanol–water partition coefficient (Wildman–Crippen LogP) is 3.93. The highest BCUT2D eigenvalue weighted by Gasteiger charge is 2.41. The zero-order valence-corrected chi connectivity index (χ0v) is 23.0. The van der Waals surface area contributed by atoms with E-state index in [1.54, 1.807) is 30.3 Å². The summed E-state index contributed by atoms with van der Waals surface area (Å²) < 4.78 is 29.1. The molecule has 44 heavy (non-hydrogen) atoms. The molecule has 12 nitrogen and oxygen atoms in total. The Labute approximate surface area is 249 Å². The van der Waals surface area contributed by atoms with E-state index < -0.39 is 41.9 Å². The molecule has 0 spiro atoms. The van der Waals surface area contributed by atoms with E-state index in [2.05, 4.69) is 0 Å². The van der Waals surface area contributed by atoms with Crippen LogP contribution in [0.4, 0.5) is 0 Å². The number of aromatic hydroxyl groups is 4. The molecule has 4 atom stereocenters. The fourth-order valence-electron chi connectivity index (χ4n) is 5.15. The number of methoxy groups -OCH3 is 1. The molecule has 6 rings (SSSR count). The van der Waals surface area contributed by atoms with E-state index in [1.165, 1.54) is 43.5 Å². The minimum atomic E-state index is -1.68. The lowest BCUT2D eigenvalue weighted by Gasteiger charge is -2.35. The summed E-state index contributed by atoms with van der Waals surface area (Å²) in [5, 5.41) is 51.0. The van der Waals surface area contributed by atoms with E-state index in [0.29, 0.717) is 11.1 Å². The van der Waals surface area contributed by atoms with Crippen LogP contribution >= 0.6 is 0 Å². The van der Waals surface area contributed by atoms with Crippen LogP contribution in [-0.2, 0) is 4.74 Å². The number of aliphatic hydroxyl groups excluding tert-OH is 1. The number of carbonyl (C=O) groups excluding carboxylic acids is 2. The van der Waals surface area contributed by atoms with Gasteiger partial charge in [-0.25, -0.2) is 4.79 Å². The third-order valence-corrected chi connectivity index (χ3v) is 7.32. The van der Waals surface area contributed by atoms with Crippen molar-refractivity contribution in [2.24, 2.45) is 0 Å². The Morgan fingerprint density at radius 3 is 2.27 bits per heavy atom. The lowest BCUT2D eigenvalue weighted by Crippen LogP contribution is -2.38. The second-order valence-electron chi connectivity index (χ2n) is 10.1. The highest BCUT2D eigenvalue weighted by Crippen LogP contribution is 2.46. The Kier molecular flexibility index (Phi) is 7.27. The van der Waals surface area contributed by atoms with Crippen LogP contribution in [0.1, 0.15) is 44.1 Å². The Hall–Kier alpha value is -5.62. The first-order valence-corrected chi connectivity index (χ1v) is 13.4. The van der Waals surface area contributed by atoms with Crippen molar-refractivity contribution in [3.8, 4) is 46.0 Å². The van der Waals surface area contributed by atoms with Gasteiger partial charge in [0.15, 0.2) is 47.4 Å². The first-order chi connectivity index (χ1) is 21.1. The first kappa shape index (κ1) is 28.5. The molecule has 0 aliphatic carbocycles. The van der Waals surface area contributed by atoms with Crippen molar-refractivity contribution < 1.29 is 58.8 Å². The van der Waals surface area contributed by atoms with Gasteiger partial charge in [-0.1, -0.05) is 24.3 Å². The van der Waals surface area contributed by atoms with Gasteiger partial charge in [-0.2, -0.15) is 0 Å². The van der Waals surface area contributed by atoms with Gasteiger partial charge in [0.2, 0.25) is 5.78 Å². The van der Waals surface area contributed by atoms with E-state index in [-0.39, 0.29) is 58.0 Å². The van der Waals surface area contributed by atoms with Crippen molar-refractivity contribution >= 4 is 11.8 Å². The summed E-state index contributed by atoms with van der Waals surface area (Å²) in [4.78, 5) is 25.6. The lowest BCUT2D eigenvalue weighted by atomic mass is 9.92. The smallest absolute Gasteiger partial charge is 0.342 e. The SMILES string of the molecule is COc1cc([C@@H]2Oc3cc([C@@H]4Oc5cc(O)cc(O)c5C(=O)[C@H]4O)ccc3O[C@H]2COC(=O)c2ccccc2O)ccc1O. The zero-order chi connectivity index (χ0) is 31.1. The second kappa shape index (κ2) is 11.2. The molecule has 0 fully saturated rings. The molecule has 0 aromatic heterocycles. The highest BCUT2D eigenvalue weighted by atomic mass is 16.6. The molecule has 5 N–H and O–H groups in total. The molecular weight excluding hydrogens is 576 g/mol. The minimum Gasteiger partial charge on any atom is -0.508 e. The average Bonchev–Trinajstić information content (AvgIpc) is 3.01. The van der Waals surface area contributed by atoms with Crippen LogP contribution < -0.4 is 18.9 Å². The van der Waals surface area contributed by atoms with Gasteiger partial charge < -0.3 is 49.2 Å². The van der Waals surface area contributed by atoms with Gasteiger partial charge in [-0.3, -0.25) is 4.79 Å². The van der Waals surface area contributed by atoms with Crippen molar-refractivity contribution in [2.75, 3.05) is 13.7 Å². The molecule has 0 bridgehead atoms. The predicted molar refractivity (Wildman–Crippen MR) is 151 cm³/mol. The minimum absolute atomic E-state index is 0.0269. The first-order valence-electron chi connectivity index (χ1n) is 13.4. The van der Waals surface area contributed by atoms with Gasteiger partial charge in [0.05, 0.1) is 7.11 Å². The van der Waals surface area contributed by atoms with E-state index in [0.717, 1.165) is 6.07 Å². The number of phenolic OH excluding ortho intramolecular Hbond substituents is 4. The molecule has 0 amide bonds. The Morgan fingerprint density at radius 2 is 1.50 bits per heavy atom. The zero-order valence-electron chi connectivity index (χ0n) is 23.0. The fourth-order valence-corrected chi connectivity index (χ4v) is 5.15. The van der Waals surface area contributed by atoms with Crippen molar-refractivity contribution in [3.05, 3.63) is 95.1 Å². The van der Waals surface area contributed by atoms with Crippen LogP contribution in [0.3, 0.4) is 0 Å². The number of hydrogen-bond acceptors (Lipinski definition) is 12. The summed E-state index contributed by atoms with van der Waals surface area (Å²) in [5.41, 5.74) is 0.559. The lowest BCUT2D eigenvalue weighted by molar-refractivity contribution is -0.0260. The Morgan fingerprint density at radius 1 is 0.773 bits per heavy atom. The monoisotopic (exact) mass is 602 g/mol. The molecule has 2 aliphatic heterocycles. The number of hydrogen-bond donors (Lipinski definition) is 5. The molecule has 2 heterocycles. The summed E-state index contributed by atoms with van der Waals surface area (Å²) in [6.07, 6.45) is -4.69. The molecule has 0 radical (unpaired) electrons. The largest absolute Gasteiger partial charge is 0.508 e. The maximum Gasteiger partial charge on any atom is 0.342 e. The summed E-state index contributed by atoms with van der Waals surface area (Å²) >= 11 is 0. The molecule has 0 saturated carbocycles. The van der Waals surface area contributed by atoms with E-state index in [1.807, 2.05) is 0 Å². The molecular formula is C32H26O12. The quantitative estimate of drug-likeness (QED) is 0.201. The van der Waals surface area contributed by atoms with Crippen LogP contribution in [-0.4, -0.2) is 63.2 Å². The highest BCUT2D eigenvalue weighted by molar-refractivity contribution is 6.05. The summed E-state index contributed by atoms with van der Waals surface area (Å²) in [6, 6.07) is 17.2. The Balaban J connectivity index is 1.32. The number of para-hydroxylation sites is 1. The third-order valence-electron chi connectivity index (χ3n) is 7.32. The molecule has 226 valence electrons. The normalized spacial score (nSPS) is 20.3. The van der Waals surface area contributed by atoms with Crippen molar-refractivity contribution in [2.45, 2.75) is 24.4 Å². The number of phenols is 4. The number of Topliss-reactive ketones (excluding diaryl/α,β-unsaturated/α-hetero) is 1. The number of rotatable bonds is 6. The molecule has 2 aliphatic rings. The van der Waals surface area contributed by atoms with E-state index in [9.17, 15) is 35.1 Å². The summed E-state index contributed by atoms with van der Waals surface area (Å²) in [6.45, 7) is -0.287. The second-order valence-corrected chi connectivity index (χ2v) is 10.1. The number of benzene rings is 4. The fraction of sp³-hybridized carbons (Fsp3) is 0.188. The van der Waals surface area contributed by atoms with E-state index >= 15 is 0 Å². The topological polar surface area (TPSA) is 181 Å². The molecule has 0 saturated heterocycles. The molecule has 4 aromatic rings. The van der Waals surface area contributed by atoms with Crippen molar-refractivity contribution in [3.63, 3.8) is 0 Å². The van der Waals surface area contributed by atoms with Crippen LogP contribution in [0.15, 0.2) is 72.8 Å². The van der Waals surface area contributed by atoms with Gasteiger partial charge in [0, 0.05) is 17.7 Å². The van der Waals surface area contributed by atoms with Crippen LogP contribution in [0.2, 0.25) is 0 Å². The number of fused-ring (bicyclic) bond motifs is 2. The van der Waals surface area contributed by atoms with Gasteiger partial charge in [-0.15, -0.1) is 0 Å². The number of esters is 1. The van der Waals surface area contributed by atoms with E-state index in [4.69, 9.17) is 23.7 Å². The maximum absolute atomic E-state index is 12.9.